The van der Waals surface area contributed by atoms with Crippen molar-refractivity contribution < 1.29 is 9.13 Å². The summed E-state index contributed by atoms with van der Waals surface area (Å²) >= 11 is 0. The number of ether oxygens (including phenoxy) is 1. The summed E-state index contributed by atoms with van der Waals surface area (Å²) in [6.45, 7) is 7.28. The molecular formula is C16H24FN3O. The predicted octanol–water partition coefficient (Wildman–Crippen LogP) is 1.10. The Kier molecular flexibility index (Phi) is 4.73. The van der Waals surface area contributed by atoms with Crippen LogP contribution in [0, 0.1) is 11.7 Å². The van der Waals surface area contributed by atoms with E-state index in [1.165, 1.54) is 5.69 Å². The maximum atomic E-state index is 13.5. The molecule has 0 aliphatic carbocycles. The fraction of sp³-hybridized carbons (Fsp3) is 0.625. The zero-order valence-electron chi connectivity index (χ0n) is 12.4. The van der Waals surface area contributed by atoms with Crippen LogP contribution in [0.2, 0.25) is 0 Å². The van der Waals surface area contributed by atoms with Crippen LogP contribution in [0.5, 0.6) is 0 Å². The molecule has 1 aromatic carbocycles. The molecule has 0 bridgehead atoms. The molecule has 5 heteroatoms. The molecule has 1 aromatic rings. The zero-order chi connectivity index (χ0) is 14.7. The van der Waals surface area contributed by atoms with E-state index in [2.05, 4.69) is 9.80 Å². The molecule has 3 rings (SSSR count). The van der Waals surface area contributed by atoms with E-state index in [0.717, 1.165) is 57.9 Å². The molecule has 0 amide bonds. The Morgan fingerprint density at radius 3 is 2.81 bits per heavy atom. The summed E-state index contributed by atoms with van der Waals surface area (Å²) in [7, 11) is 0. The van der Waals surface area contributed by atoms with Gasteiger partial charge in [-0.25, -0.2) is 4.39 Å². The minimum absolute atomic E-state index is 0.153. The predicted molar refractivity (Wildman–Crippen MR) is 82.1 cm³/mol. The van der Waals surface area contributed by atoms with Gasteiger partial charge in [0.25, 0.3) is 0 Å². The van der Waals surface area contributed by atoms with Gasteiger partial charge in [0.2, 0.25) is 0 Å². The lowest BCUT2D eigenvalue weighted by Gasteiger charge is -2.37. The van der Waals surface area contributed by atoms with Crippen LogP contribution in [0.1, 0.15) is 5.56 Å². The number of halogens is 1. The van der Waals surface area contributed by atoms with Crippen LogP contribution in [0.4, 0.5) is 10.1 Å². The highest BCUT2D eigenvalue weighted by Crippen LogP contribution is 2.29. The van der Waals surface area contributed by atoms with Gasteiger partial charge in [0.15, 0.2) is 0 Å². The average Bonchev–Trinajstić information content (AvgIpc) is 2.52. The zero-order valence-corrected chi connectivity index (χ0v) is 12.4. The monoisotopic (exact) mass is 293 g/mol. The SMILES string of the molecule is NCC1Cc2cc(F)ccc2N(CCN2CCOCC2)C1. The summed E-state index contributed by atoms with van der Waals surface area (Å²) in [6, 6.07) is 5.14. The third-order valence-electron chi connectivity index (χ3n) is 4.49. The van der Waals surface area contributed by atoms with E-state index in [1.54, 1.807) is 12.1 Å². The first-order valence-corrected chi connectivity index (χ1v) is 7.80. The van der Waals surface area contributed by atoms with E-state index in [9.17, 15) is 4.39 Å². The van der Waals surface area contributed by atoms with Crippen molar-refractivity contribution in [1.82, 2.24) is 4.90 Å². The molecule has 1 saturated heterocycles. The number of anilines is 1. The standard InChI is InChI=1S/C16H24FN3O/c17-15-1-2-16-14(10-15)9-13(11-18)12-20(16)4-3-19-5-7-21-8-6-19/h1-2,10,13H,3-9,11-12,18H2. The normalized spacial score (nSPS) is 23.1. The van der Waals surface area contributed by atoms with E-state index >= 15 is 0 Å². The van der Waals surface area contributed by atoms with Crippen molar-refractivity contribution in [2.45, 2.75) is 6.42 Å². The second kappa shape index (κ2) is 6.73. The van der Waals surface area contributed by atoms with Gasteiger partial charge in [0, 0.05) is 38.4 Å². The largest absolute Gasteiger partial charge is 0.379 e. The highest BCUT2D eigenvalue weighted by molar-refractivity contribution is 5.56. The van der Waals surface area contributed by atoms with Gasteiger partial charge < -0.3 is 15.4 Å². The molecule has 1 unspecified atom stereocenters. The molecule has 0 saturated carbocycles. The molecule has 0 spiro atoms. The highest BCUT2D eigenvalue weighted by Gasteiger charge is 2.24. The van der Waals surface area contributed by atoms with Crippen LogP contribution in [0.15, 0.2) is 18.2 Å². The molecular weight excluding hydrogens is 269 g/mol. The lowest BCUT2D eigenvalue weighted by molar-refractivity contribution is 0.0390. The van der Waals surface area contributed by atoms with Crippen molar-refractivity contribution in [2.24, 2.45) is 11.7 Å². The van der Waals surface area contributed by atoms with Crippen LogP contribution >= 0.6 is 0 Å². The van der Waals surface area contributed by atoms with E-state index in [1.807, 2.05) is 6.07 Å². The van der Waals surface area contributed by atoms with Crippen LogP contribution in [-0.2, 0) is 11.2 Å². The van der Waals surface area contributed by atoms with Gasteiger partial charge >= 0.3 is 0 Å². The smallest absolute Gasteiger partial charge is 0.123 e. The number of benzene rings is 1. The van der Waals surface area contributed by atoms with Crippen LogP contribution in [0.3, 0.4) is 0 Å². The van der Waals surface area contributed by atoms with E-state index in [-0.39, 0.29) is 5.82 Å². The van der Waals surface area contributed by atoms with Gasteiger partial charge in [-0.15, -0.1) is 0 Å². The third kappa shape index (κ3) is 3.54. The molecule has 116 valence electrons. The van der Waals surface area contributed by atoms with Crippen molar-refractivity contribution >= 4 is 5.69 Å². The molecule has 2 N–H and O–H groups in total. The minimum atomic E-state index is -0.153. The van der Waals surface area contributed by atoms with Crippen molar-refractivity contribution in [2.75, 3.05) is 57.4 Å². The number of fused-ring (bicyclic) bond motifs is 1. The number of morpholine rings is 1. The van der Waals surface area contributed by atoms with Gasteiger partial charge in [-0.3, -0.25) is 4.90 Å². The number of nitrogens with two attached hydrogens (primary N) is 1. The summed E-state index contributed by atoms with van der Waals surface area (Å²) in [4.78, 5) is 4.80. The number of nitrogens with zero attached hydrogens (tertiary/aromatic N) is 2. The first kappa shape index (κ1) is 14.8. The molecule has 4 nitrogen and oxygen atoms in total. The lowest BCUT2D eigenvalue weighted by atomic mass is 9.92. The first-order valence-electron chi connectivity index (χ1n) is 7.80. The summed E-state index contributed by atoms with van der Waals surface area (Å²) < 4.78 is 18.8. The fourth-order valence-corrected chi connectivity index (χ4v) is 3.27. The molecule has 2 aliphatic rings. The molecule has 0 radical (unpaired) electrons. The van der Waals surface area contributed by atoms with E-state index in [0.29, 0.717) is 12.5 Å². The van der Waals surface area contributed by atoms with Crippen LogP contribution in [0.25, 0.3) is 0 Å². The molecule has 1 atom stereocenters. The van der Waals surface area contributed by atoms with Gasteiger partial charge in [0.1, 0.15) is 5.82 Å². The topological polar surface area (TPSA) is 41.7 Å². The third-order valence-corrected chi connectivity index (χ3v) is 4.49. The molecule has 2 aliphatic heterocycles. The van der Waals surface area contributed by atoms with Crippen LogP contribution in [-0.4, -0.2) is 57.4 Å². The van der Waals surface area contributed by atoms with Crippen LogP contribution < -0.4 is 10.6 Å². The molecule has 1 fully saturated rings. The molecule has 21 heavy (non-hydrogen) atoms. The number of rotatable bonds is 4. The average molecular weight is 293 g/mol. The van der Waals surface area contributed by atoms with Gasteiger partial charge in [-0.1, -0.05) is 0 Å². The Bertz CT molecular complexity index is 477. The fourth-order valence-electron chi connectivity index (χ4n) is 3.27. The number of hydrogen-bond donors (Lipinski definition) is 1. The Labute approximate surface area is 125 Å². The minimum Gasteiger partial charge on any atom is -0.379 e. The van der Waals surface area contributed by atoms with Gasteiger partial charge in [0.05, 0.1) is 13.2 Å². The molecule has 0 aromatic heterocycles. The van der Waals surface area contributed by atoms with Crippen molar-refractivity contribution in [3.63, 3.8) is 0 Å². The maximum Gasteiger partial charge on any atom is 0.123 e. The first-order chi connectivity index (χ1) is 10.3. The lowest BCUT2D eigenvalue weighted by Crippen LogP contribution is -2.45. The summed E-state index contributed by atoms with van der Waals surface area (Å²) in [5.41, 5.74) is 8.12. The summed E-state index contributed by atoms with van der Waals surface area (Å²) in [5.74, 6) is 0.267. The Hall–Kier alpha value is -1.17. The Morgan fingerprint density at radius 2 is 2.05 bits per heavy atom. The summed E-state index contributed by atoms with van der Waals surface area (Å²) in [5, 5.41) is 0. The van der Waals surface area contributed by atoms with E-state index in [4.69, 9.17) is 10.5 Å². The second-order valence-electron chi connectivity index (χ2n) is 5.98. The van der Waals surface area contributed by atoms with Crippen molar-refractivity contribution in [3.05, 3.63) is 29.6 Å². The quantitative estimate of drug-likeness (QED) is 0.902. The van der Waals surface area contributed by atoms with Gasteiger partial charge in [-0.2, -0.15) is 0 Å². The highest BCUT2D eigenvalue weighted by atomic mass is 19.1. The second-order valence-corrected chi connectivity index (χ2v) is 5.98. The molecule has 2 heterocycles. The maximum absolute atomic E-state index is 13.5. The van der Waals surface area contributed by atoms with Gasteiger partial charge in [-0.05, 0) is 42.6 Å². The number of hydrogen-bond acceptors (Lipinski definition) is 4. The van der Waals surface area contributed by atoms with E-state index < -0.39 is 0 Å². The van der Waals surface area contributed by atoms with Crippen molar-refractivity contribution in [1.29, 1.82) is 0 Å². The van der Waals surface area contributed by atoms with Crippen molar-refractivity contribution in [3.8, 4) is 0 Å². The summed E-state index contributed by atoms with van der Waals surface area (Å²) in [6.07, 6.45) is 0.887. The Balaban J connectivity index is 1.68. The Morgan fingerprint density at radius 1 is 1.24 bits per heavy atom.